The molecule has 2 aromatic heterocycles. The standard InChI is InChI=1S/C28H25FN4O4/c1-28(19-5-4-14-30-17-19)16-24(32-37-28)18-8-13-22-23(15-18)31-25(6-2-3-7-26(34)35)33(27(22)36)21-11-9-20(29)10-12-21/h4-5,8-15,17H,2-3,6-7,16H2,1H3,(H,34,35). The zero-order valence-electron chi connectivity index (χ0n) is 20.2. The van der Waals surface area contributed by atoms with E-state index in [0.717, 1.165) is 16.8 Å². The molecule has 5 rings (SSSR count). The average molecular weight is 501 g/mol. The van der Waals surface area contributed by atoms with Gasteiger partial charge in [-0.3, -0.25) is 19.1 Å². The predicted octanol–water partition coefficient (Wildman–Crippen LogP) is 4.76. The number of fused-ring (bicyclic) bond motifs is 1. The Labute approximate surface area is 212 Å². The minimum Gasteiger partial charge on any atom is -0.481 e. The first-order chi connectivity index (χ1) is 17.8. The van der Waals surface area contributed by atoms with Gasteiger partial charge in [-0.05, 0) is 62.2 Å². The summed E-state index contributed by atoms with van der Waals surface area (Å²) in [6, 6.07) is 14.8. The van der Waals surface area contributed by atoms with Gasteiger partial charge < -0.3 is 9.94 Å². The number of pyridine rings is 1. The third-order valence-electron chi connectivity index (χ3n) is 6.53. The lowest BCUT2D eigenvalue weighted by Gasteiger charge is -2.21. The van der Waals surface area contributed by atoms with E-state index >= 15 is 0 Å². The van der Waals surface area contributed by atoms with Gasteiger partial charge in [-0.1, -0.05) is 17.3 Å². The molecule has 0 aliphatic carbocycles. The molecule has 1 N–H and O–H groups in total. The smallest absolute Gasteiger partial charge is 0.303 e. The number of unbranched alkanes of at least 4 members (excludes halogenated alkanes) is 1. The summed E-state index contributed by atoms with van der Waals surface area (Å²) in [7, 11) is 0. The van der Waals surface area contributed by atoms with Crippen molar-refractivity contribution >= 4 is 22.6 Å². The minimum atomic E-state index is -0.870. The number of carboxylic acid groups (broad SMARTS) is 1. The zero-order chi connectivity index (χ0) is 26.0. The third kappa shape index (κ3) is 4.97. The molecule has 0 fully saturated rings. The van der Waals surface area contributed by atoms with Crippen LogP contribution in [0.25, 0.3) is 16.6 Å². The van der Waals surface area contributed by atoms with Crippen molar-refractivity contribution in [2.24, 2.45) is 5.16 Å². The van der Waals surface area contributed by atoms with Gasteiger partial charge in [-0.25, -0.2) is 9.37 Å². The molecule has 1 aliphatic heterocycles. The Hall–Kier alpha value is -4.40. The quantitative estimate of drug-likeness (QED) is 0.350. The monoisotopic (exact) mass is 500 g/mol. The lowest BCUT2D eigenvalue weighted by atomic mass is 9.90. The van der Waals surface area contributed by atoms with Crippen molar-refractivity contribution in [1.82, 2.24) is 14.5 Å². The number of carboxylic acids is 1. The summed E-state index contributed by atoms with van der Waals surface area (Å²) in [4.78, 5) is 39.3. The highest BCUT2D eigenvalue weighted by Crippen LogP contribution is 2.35. The minimum absolute atomic E-state index is 0.0357. The Bertz CT molecular complexity index is 1550. The van der Waals surface area contributed by atoms with Crippen LogP contribution in [0.15, 0.2) is 76.9 Å². The Morgan fingerprint density at radius 2 is 1.97 bits per heavy atom. The number of halogens is 1. The normalized spacial score (nSPS) is 17.0. The Morgan fingerprint density at radius 3 is 2.70 bits per heavy atom. The summed E-state index contributed by atoms with van der Waals surface area (Å²) < 4.78 is 15.0. The number of aliphatic carboxylic acids is 1. The van der Waals surface area contributed by atoms with E-state index in [-0.39, 0.29) is 12.0 Å². The van der Waals surface area contributed by atoms with Gasteiger partial charge >= 0.3 is 5.97 Å². The Morgan fingerprint density at radius 1 is 1.16 bits per heavy atom. The number of hydrogen-bond donors (Lipinski definition) is 1. The molecule has 0 radical (unpaired) electrons. The van der Waals surface area contributed by atoms with E-state index in [1.807, 2.05) is 31.2 Å². The second kappa shape index (κ2) is 9.93. The van der Waals surface area contributed by atoms with Crippen LogP contribution >= 0.6 is 0 Å². The number of hydrogen-bond acceptors (Lipinski definition) is 6. The predicted molar refractivity (Wildman–Crippen MR) is 136 cm³/mol. The zero-order valence-corrected chi connectivity index (χ0v) is 20.2. The van der Waals surface area contributed by atoms with Crippen LogP contribution in [0.2, 0.25) is 0 Å². The van der Waals surface area contributed by atoms with E-state index in [4.69, 9.17) is 14.9 Å². The molecule has 188 valence electrons. The molecule has 0 saturated heterocycles. The van der Waals surface area contributed by atoms with E-state index in [1.165, 1.54) is 28.8 Å². The second-order valence-corrected chi connectivity index (χ2v) is 9.26. The van der Waals surface area contributed by atoms with Crippen molar-refractivity contribution in [3.05, 3.63) is 100 Å². The van der Waals surface area contributed by atoms with Gasteiger partial charge in [0.2, 0.25) is 0 Å². The lowest BCUT2D eigenvalue weighted by Crippen LogP contribution is -2.24. The van der Waals surface area contributed by atoms with Gasteiger partial charge in [0.25, 0.3) is 5.56 Å². The van der Waals surface area contributed by atoms with Gasteiger partial charge in [0, 0.05) is 42.8 Å². The molecule has 0 spiro atoms. The molecule has 8 nitrogen and oxygen atoms in total. The second-order valence-electron chi connectivity index (χ2n) is 9.26. The van der Waals surface area contributed by atoms with E-state index < -0.39 is 17.4 Å². The first-order valence-corrected chi connectivity index (χ1v) is 12.0. The highest BCUT2D eigenvalue weighted by Gasteiger charge is 2.37. The SMILES string of the molecule is CC1(c2cccnc2)CC(c2ccc3c(=O)n(-c4ccc(F)cc4)c(CCCCC(=O)O)nc3c2)=NO1. The van der Waals surface area contributed by atoms with E-state index in [9.17, 15) is 14.0 Å². The molecule has 0 bridgehead atoms. The molecule has 9 heteroatoms. The molecule has 1 aliphatic rings. The van der Waals surface area contributed by atoms with Crippen LogP contribution in [-0.4, -0.2) is 31.3 Å². The number of aryl methyl sites for hydroxylation is 1. The first kappa shape index (κ1) is 24.3. The molecule has 0 saturated carbocycles. The van der Waals surface area contributed by atoms with Gasteiger partial charge in [0.1, 0.15) is 11.6 Å². The first-order valence-electron chi connectivity index (χ1n) is 12.0. The number of carbonyl (C=O) groups is 1. The summed E-state index contributed by atoms with van der Waals surface area (Å²) in [5.74, 6) is -0.794. The van der Waals surface area contributed by atoms with Gasteiger partial charge in [-0.15, -0.1) is 0 Å². The fraction of sp³-hybridized carbons (Fsp3) is 0.250. The fourth-order valence-electron chi connectivity index (χ4n) is 4.52. The maximum absolute atomic E-state index is 13.6. The number of oxime groups is 1. The van der Waals surface area contributed by atoms with E-state index in [0.29, 0.717) is 48.1 Å². The Kier molecular flexibility index (Phi) is 6.52. The topological polar surface area (TPSA) is 107 Å². The lowest BCUT2D eigenvalue weighted by molar-refractivity contribution is -0.137. The van der Waals surface area contributed by atoms with Crippen molar-refractivity contribution in [3.63, 3.8) is 0 Å². The van der Waals surface area contributed by atoms with Crippen molar-refractivity contribution in [2.45, 2.75) is 44.6 Å². The number of aromatic nitrogens is 3. The molecule has 2 aromatic carbocycles. The molecule has 1 atom stereocenters. The van der Waals surface area contributed by atoms with Crippen molar-refractivity contribution in [3.8, 4) is 5.69 Å². The maximum atomic E-state index is 13.6. The molecule has 4 aromatic rings. The van der Waals surface area contributed by atoms with Crippen LogP contribution in [0, 0.1) is 5.82 Å². The van der Waals surface area contributed by atoms with Crippen molar-refractivity contribution < 1.29 is 19.1 Å². The summed E-state index contributed by atoms with van der Waals surface area (Å²) >= 11 is 0. The summed E-state index contributed by atoms with van der Waals surface area (Å²) in [5.41, 5.74) is 2.53. The summed E-state index contributed by atoms with van der Waals surface area (Å²) in [6.07, 6.45) is 5.41. The van der Waals surface area contributed by atoms with Crippen molar-refractivity contribution in [1.29, 1.82) is 0 Å². The highest BCUT2D eigenvalue weighted by molar-refractivity contribution is 6.04. The van der Waals surface area contributed by atoms with E-state index in [2.05, 4.69) is 10.1 Å². The molecular formula is C28H25FN4O4. The maximum Gasteiger partial charge on any atom is 0.303 e. The summed E-state index contributed by atoms with van der Waals surface area (Å²) in [5, 5.41) is 13.7. The molecular weight excluding hydrogens is 475 g/mol. The molecule has 37 heavy (non-hydrogen) atoms. The van der Waals surface area contributed by atoms with Crippen LogP contribution in [0.1, 0.15) is 49.6 Å². The fourth-order valence-corrected chi connectivity index (χ4v) is 4.52. The van der Waals surface area contributed by atoms with E-state index in [1.54, 1.807) is 18.5 Å². The highest BCUT2D eigenvalue weighted by atomic mass is 19.1. The van der Waals surface area contributed by atoms with Crippen LogP contribution in [-0.2, 0) is 21.7 Å². The average Bonchev–Trinajstić information content (AvgIpc) is 3.31. The van der Waals surface area contributed by atoms with Crippen LogP contribution in [0.3, 0.4) is 0 Å². The Balaban J connectivity index is 1.52. The largest absolute Gasteiger partial charge is 0.481 e. The summed E-state index contributed by atoms with van der Waals surface area (Å²) in [6.45, 7) is 1.95. The number of rotatable bonds is 8. The van der Waals surface area contributed by atoms with Crippen molar-refractivity contribution in [2.75, 3.05) is 0 Å². The molecule has 3 heterocycles. The molecule has 0 amide bonds. The van der Waals surface area contributed by atoms with Crippen LogP contribution < -0.4 is 5.56 Å². The van der Waals surface area contributed by atoms with Gasteiger partial charge in [0.05, 0.1) is 22.3 Å². The number of benzene rings is 2. The number of nitrogens with zero attached hydrogens (tertiary/aromatic N) is 4. The third-order valence-corrected chi connectivity index (χ3v) is 6.53. The van der Waals surface area contributed by atoms with Crippen LogP contribution in [0.5, 0.6) is 0 Å². The van der Waals surface area contributed by atoms with Gasteiger partial charge in [0.15, 0.2) is 5.60 Å². The molecule has 1 unspecified atom stereocenters. The van der Waals surface area contributed by atoms with Crippen LogP contribution in [0.4, 0.5) is 4.39 Å². The van der Waals surface area contributed by atoms with Gasteiger partial charge in [-0.2, -0.15) is 0 Å².